The zero-order valence-corrected chi connectivity index (χ0v) is 23.1. The lowest BCUT2D eigenvalue weighted by molar-refractivity contribution is -0.119. The van der Waals surface area contributed by atoms with Crippen LogP contribution in [0.25, 0.3) is 5.69 Å². The summed E-state index contributed by atoms with van der Waals surface area (Å²) in [4.78, 5) is 13.0. The van der Waals surface area contributed by atoms with Crippen LogP contribution in [0.2, 0.25) is 0 Å². The molecule has 0 fully saturated rings. The van der Waals surface area contributed by atoms with Crippen LogP contribution in [0.15, 0.2) is 88.9 Å². The van der Waals surface area contributed by atoms with Gasteiger partial charge in [0, 0.05) is 22.6 Å². The number of hydrogen-bond donors (Lipinski definition) is 1. The van der Waals surface area contributed by atoms with Gasteiger partial charge in [-0.05, 0) is 93.8 Å². The molecule has 0 saturated heterocycles. The van der Waals surface area contributed by atoms with Crippen LogP contribution in [0.5, 0.6) is 0 Å². The van der Waals surface area contributed by atoms with Crippen molar-refractivity contribution >= 4 is 27.8 Å². The number of nitrogens with one attached hydrogen (secondary N) is 1. The minimum Gasteiger partial charge on any atom is -0.318 e. The summed E-state index contributed by atoms with van der Waals surface area (Å²) in [6.45, 7) is 9.50. The predicted octanol–water partition coefficient (Wildman–Crippen LogP) is 5.37. The Labute approximate surface area is 224 Å². The van der Waals surface area contributed by atoms with Gasteiger partial charge in [0.2, 0.25) is 0 Å². The Balaban J connectivity index is 1.56. The second-order valence-electron chi connectivity index (χ2n) is 9.39. The van der Waals surface area contributed by atoms with E-state index >= 15 is 0 Å². The van der Waals surface area contributed by atoms with Crippen molar-refractivity contribution in [3.63, 3.8) is 0 Å². The highest BCUT2D eigenvalue weighted by atomic mass is 32.2. The number of sulfonamides is 1. The first-order chi connectivity index (χ1) is 18.1. The summed E-state index contributed by atoms with van der Waals surface area (Å²) >= 11 is 0. The summed E-state index contributed by atoms with van der Waals surface area (Å²) in [5, 5.41) is 4.14. The highest BCUT2D eigenvalue weighted by molar-refractivity contribution is 7.92. The largest absolute Gasteiger partial charge is 0.318 e. The Hall–Kier alpha value is -4.17. The van der Waals surface area contributed by atoms with E-state index in [4.69, 9.17) is 0 Å². The van der Waals surface area contributed by atoms with Gasteiger partial charge in [-0.2, -0.15) is 5.10 Å². The molecule has 1 amide bonds. The Kier molecular flexibility index (Phi) is 7.83. The maximum absolute atomic E-state index is 13.5. The van der Waals surface area contributed by atoms with Crippen LogP contribution in [-0.4, -0.2) is 31.7 Å². The van der Waals surface area contributed by atoms with E-state index in [2.05, 4.69) is 34.2 Å². The van der Waals surface area contributed by atoms with Crippen LogP contribution in [0.1, 0.15) is 33.6 Å². The Morgan fingerprint density at radius 3 is 2.32 bits per heavy atom. The summed E-state index contributed by atoms with van der Waals surface area (Å²) in [5.74, 6) is -0.550. The third-order valence-corrected chi connectivity index (χ3v) is 8.31. The molecule has 0 saturated carbocycles. The van der Waals surface area contributed by atoms with Crippen molar-refractivity contribution in [3.05, 3.63) is 113 Å². The first kappa shape index (κ1) is 26.9. The van der Waals surface area contributed by atoms with Gasteiger partial charge < -0.3 is 4.57 Å². The molecule has 0 spiro atoms. The molecule has 3 aromatic carbocycles. The number of hydrogen-bond acceptors (Lipinski definition) is 4. The number of anilines is 1. The van der Waals surface area contributed by atoms with E-state index in [1.807, 2.05) is 52.0 Å². The highest BCUT2D eigenvalue weighted by Gasteiger charge is 2.27. The SMILES string of the molecule is Cc1cccc(-n2c(C)cc(/C=N/NC(=O)CN(c3ccc(C)c(C)c3)S(=O)(=O)c3ccccc3)c2C)c1. The molecule has 0 atom stereocenters. The van der Waals surface area contributed by atoms with E-state index in [9.17, 15) is 13.2 Å². The quantitative estimate of drug-likeness (QED) is 0.247. The summed E-state index contributed by atoms with van der Waals surface area (Å²) < 4.78 is 30.3. The second kappa shape index (κ2) is 11.1. The lowest BCUT2D eigenvalue weighted by atomic mass is 10.1. The number of aromatic nitrogens is 1. The van der Waals surface area contributed by atoms with Crippen LogP contribution in [-0.2, 0) is 14.8 Å². The van der Waals surface area contributed by atoms with E-state index in [-0.39, 0.29) is 4.90 Å². The van der Waals surface area contributed by atoms with Crippen LogP contribution < -0.4 is 9.73 Å². The molecule has 1 heterocycles. The fourth-order valence-electron chi connectivity index (χ4n) is 4.34. The van der Waals surface area contributed by atoms with E-state index < -0.39 is 22.5 Å². The van der Waals surface area contributed by atoms with Crippen molar-refractivity contribution in [2.75, 3.05) is 10.8 Å². The number of aryl methyl sites for hydroxylation is 4. The second-order valence-corrected chi connectivity index (χ2v) is 11.2. The van der Waals surface area contributed by atoms with Crippen molar-refractivity contribution in [2.45, 2.75) is 39.5 Å². The van der Waals surface area contributed by atoms with Gasteiger partial charge >= 0.3 is 0 Å². The van der Waals surface area contributed by atoms with Crippen LogP contribution in [0.3, 0.4) is 0 Å². The molecule has 0 bridgehead atoms. The number of amides is 1. The van der Waals surface area contributed by atoms with E-state index in [0.717, 1.165) is 43.6 Å². The van der Waals surface area contributed by atoms with Gasteiger partial charge in [0.15, 0.2) is 0 Å². The van der Waals surface area contributed by atoms with E-state index in [1.54, 1.807) is 36.5 Å². The maximum atomic E-state index is 13.5. The molecule has 1 N–H and O–H groups in total. The molecule has 4 aromatic rings. The average Bonchev–Trinajstić information content (AvgIpc) is 3.17. The molecule has 0 unspecified atom stereocenters. The molecule has 0 radical (unpaired) electrons. The fraction of sp³-hybridized carbons (Fsp3) is 0.200. The van der Waals surface area contributed by atoms with E-state index in [1.165, 1.54) is 12.1 Å². The van der Waals surface area contributed by atoms with Crippen LogP contribution >= 0.6 is 0 Å². The molecule has 0 aliphatic rings. The minimum atomic E-state index is -3.98. The minimum absolute atomic E-state index is 0.109. The molecule has 7 nitrogen and oxygen atoms in total. The van der Waals surface area contributed by atoms with Crippen molar-refractivity contribution in [3.8, 4) is 5.69 Å². The van der Waals surface area contributed by atoms with Gasteiger partial charge in [-0.1, -0.05) is 36.4 Å². The molecule has 38 heavy (non-hydrogen) atoms. The third kappa shape index (κ3) is 5.70. The molecule has 0 aliphatic carbocycles. The Bertz CT molecular complexity index is 1610. The predicted molar refractivity (Wildman–Crippen MR) is 153 cm³/mol. The zero-order chi connectivity index (χ0) is 27.4. The number of rotatable bonds is 8. The number of hydrazone groups is 1. The van der Waals surface area contributed by atoms with Crippen LogP contribution in [0, 0.1) is 34.6 Å². The van der Waals surface area contributed by atoms with Gasteiger partial charge in [-0.25, -0.2) is 13.8 Å². The molecule has 1 aromatic heterocycles. The smallest absolute Gasteiger partial charge is 0.264 e. The zero-order valence-electron chi connectivity index (χ0n) is 22.3. The standard InChI is InChI=1S/C30H32N4O3S/c1-21-10-9-11-28(16-21)34-24(4)18-26(25(34)5)19-31-32-30(35)20-33(27-15-14-22(2)23(3)17-27)38(36,37)29-12-7-6-8-13-29/h6-19H,20H2,1-5H3,(H,32,35)/b31-19+. The summed E-state index contributed by atoms with van der Waals surface area (Å²) in [6.07, 6.45) is 1.58. The van der Waals surface area contributed by atoms with Gasteiger partial charge in [0.1, 0.15) is 6.54 Å². The van der Waals surface area contributed by atoms with Gasteiger partial charge in [0.05, 0.1) is 16.8 Å². The average molecular weight is 529 g/mol. The normalized spacial score (nSPS) is 11.6. The van der Waals surface area contributed by atoms with Gasteiger partial charge in [-0.3, -0.25) is 9.10 Å². The highest BCUT2D eigenvalue weighted by Crippen LogP contribution is 2.26. The summed E-state index contributed by atoms with van der Waals surface area (Å²) in [6, 6.07) is 23.6. The fourth-order valence-corrected chi connectivity index (χ4v) is 5.77. The first-order valence-corrected chi connectivity index (χ1v) is 13.7. The van der Waals surface area contributed by atoms with Crippen molar-refractivity contribution in [2.24, 2.45) is 5.10 Å². The molecule has 196 valence electrons. The van der Waals surface area contributed by atoms with Gasteiger partial charge in [-0.15, -0.1) is 0 Å². The molecule has 4 rings (SSSR count). The Morgan fingerprint density at radius 1 is 0.895 bits per heavy atom. The number of benzene rings is 3. The summed E-state index contributed by atoms with van der Waals surface area (Å²) in [5.41, 5.74) is 9.97. The lowest BCUT2D eigenvalue weighted by Crippen LogP contribution is -2.39. The topological polar surface area (TPSA) is 83.8 Å². The van der Waals surface area contributed by atoms with Crippen molar-refractivity contribution < 1.29 is 13.2 Å². The number of carbonyl (C=O) groups excluding carboxylic acids is 1. The van der Waals surface area contributed by atoms with Crippen LogP contribution in [0.4, 0.5) is 5.69 Å². The Morgan fingerprint density at radius 2 is 1.63 bits per heavy atom. The van der Waals surface area contributed by atoms with E-state index in [0.29, 0.717) is 5.69 Å². The number of nitrogens with zero attached hydrogens (tertiary/aromatic N) is 3. The monoisotopic (exact) mass is 528 g/mol. The van der Waals surface area contributed by atoms with Crippen molar-refractivity contribution in [1.29, 1.82) is 0 Å². The van der Waals surface area contributed by atoms with Crippen molar-refractivity contribution in [1.82, 2.24) is 9.99 Å². The summed E-state index contributed by atoms with van der Waals surface area (Å²) in [7, 11) is -3.98. The lowest BCUT2D eigenvalue weighted by Gasteiger charge is -2.24. The van der Waals surface area contributed by atoms with Gasteiger partial charge in [0.25, 0.3) is 15.9 Å². The maximum Gasteiger partial charge on any atom is 0.264 e. The molecule has 8 heteroatoms. The third-order valence-electron chi connectivity index (χ3n) is 6.52. The first-order valence-electron chi connectivity index (χ1n) is 12.3. The molecular formula is C30H32N4O3S. The number of carbonyl (C=O) groups is 1. The molecule has 0 aliphatic heterocycles. The molecular weight excluding hydrogens is 496 g/mol.